The predicted octanol–water partition coefficient (Wildman–Crippen LogP) is 4.53. The zero-order valence-corrected chi connectivity index (χ0v) is 13.8. The number of hydrogen-bond donors (Lipinski definition) is 1. The molecule has 3 aromatic rings. The van der Waals surface area contributed by atoms with E-state index in [1.807, 2.05) is 0 Å². The molecule has 0 aliphatic carbocycles. The van der Waals surface area contributed by atoms with Crippen molar-refractivity contribution in [2.45, 2.75) is 19.0 Å². The van der Waals surface area contributed by atoms with Crippen LogP contribution in [0.5, 0.6) is 0 Å². The summed E-state index contributed by atoms with van der Waals surface area (Å²) in [5.74, 6) is -0.175. The summed E-state index contributed by atoms with van der Waals surface area (Å²) in [4.78, 5) is 11.8. The minimum atomic E-state index is -4.60. The number of furan rings is 1. The van der Waals surface area contributed by atoms with Gasteiger partial charge in [0.25, 0.3) is 0 Å². The van der Waals surface area contributed by atoms with Gasteiger partial charge in [0.05, 0.1) is 5.56 Å². The SMILES string of the molecule is O=C(CCc1ccc(-c2ccccc2F)o1)Nc1nnc(C(F)(F)F)s1. The monoisotopic (exact) mass is 385 g/mol. The average Bonchev–Trinajstić information content (AvgIpc) is 3.22. The van der Waals surface area contributed by atoms with E-state index in [1.54, 1.807) is 30.3 Å². The van der Waals surface area contributed by atoms with Gasteiger partial charge in [-0.1, -0.05) is 23.5 Å². The lowest BCUT2D eigenvalue weighted by atomic mass is 10.1. The van der Waals surface area contributed by atoms with Gasteiger partial charge in [0, 0.05) is 12.8 Å². The first-order chi connectivity index (χ1) is 12.3. The van der Waals surface area contributed by atoms with Crippen LogP contribution in [0.25, 0.3) is 11.3 Å². The second kappa shape index (κ2) is 7.24. The van der Waals surface area contributed by atoms with Gasteiger partial charge in [-0.25, -0.2) is 4.39 Å². The number of nitrogens with one attached hydrogen (secondary N) is 1. The molecule has 0 unspecified atom stereocenters. The first-order valence-electron chi connectivity index (χ1n) is 7.37. The number of aromatic nitrogens is 2. The maximum Gasteiger partial charge on any atom is 0.445 e. The molecule has 26 heavy (non-hydrogen) atoms. The molecule has 1 N–H and O–H groups in total. The van der Waals surface area contributed by atoms with Gasteiger partial charge in [-0.2, -0.15) is 13.2 Å². The number of hydrogen-bond acceptors (Lipinski definition) is 5. The summed E-state index contributed by atoms with van der Waals surface area (Å²) >= 11 is 0.249. The molecule has 0 spiro atoms. The number of anilines is 1. The smallest absolute Gasteiger partial charge is 0.445 e. The Morgan fingerprint density at radius 1 is 1.15 bits per heavy atom. The van der Waals surface area contributed by atoms with Crippen LogP contribution in [0.3, 0.4) is 0 Å². The third-order valence-corrected chi connectivity index (χ3v) is 4.20. The van der Waals surface area contributed by atoms with Crippen LogP contribution >= 0.6 is 11.3 Å². The van der Waals surface area contributed by atoms with E-state index in [1.165, 1.54) is 6.07 Å². The molecule has 1 amide bonds. The largest absolute Gasteiger partial charge is 0.461 e. The number of nitrogens with zero attached hydrogens (tertiary/aromatic N) is 2. The quantitative estimate of drug-likeness (QED) is 0.656. The Morgan fingerprint density at radius 2 is 1.92 bits per heavy atom. The normalized spacial score (nSPS) is 11.5. The standard InChI is InChI=1S/C16H11F4N3O2S/c17-11-4-2-1-3-10(11)12-7-5-9(25-12)6-8-13(24)21-15-23-22-14(26-15)16(18,19)20/h1-5,7H,6,8H2,(H,21,23,24). The van der Waals surface area contributed by atoms with Crippen molar-refractivity contribution in [3.8, 4) is 11.3 Å². The lowest BCUT2D eigenvalue weighted by Gasteiger charge is -2.01. The number of carbonyl (C=O) groups excluding carboxylic acids is 1. The van der Waals surface area contributed by atoms with Gasteiger partial charge in [-0.15, -0.1) is 10.2 Å². The van der Waals surface area contributed by atoms with E-state index in [0.717, 1.165) is 0 Å². The second-order valence-electron chi connectivity index (χ2n) is 5.20. The molecule has 0 aliphatic rings. The lowest BCUT2D eigenvalue weighted by molar-refractivity contribution is -0.138. The summed E-state index contributed by atoms with van der Waals surface area (Å²) in [7, 11) is 0. The molecule has 0 bridgehead atoms. The number of benzene rings is 1. The summed E-state index contributed by atoms with van der Waals surface area (Å²) < 4.78 is 56.5. The summed E-state index contributed by atoms with van der Waals surface area (Å²) in [5.41, 5.74) is 0.303. The second-order valence-corrected chi connectivity index (χ2v) is 6.18. The maximum absolute atomic E-state index is 13.7. The van der Waals surface area contributed by atoms with Crippen molar-refractivity contribution in [2.75, 3.05) is 5.32 Å². The average molecular weight is 385 g/mol. The van der Waals surface area contributed by atoms with Gasteiger partial charge in [-0.05, 0) is 24.3 Å². The predicted molar refractivity (Wildman–Crippen MR) is 86.0 cm³/mol. The third kappa shape index (κ3) is 4.26. The molecule has 10 heteroatoms. The summed E-state index contributed by atoms with van der Waals surface area (Å²) in [6.45, 7) is 0. The Hall–Kier alpha value is -2.75. The van der Waals surface area contributed by atoms with E-state index in [2.05, 4.69) is 15.5 Å². The van der Waals surface area contributed by atoms with Crippen molar-refractivity contribution in [3.63, 3.8) is 0 Å². The van der Waals surface area contributed by atoms with Gasteiger partial charge in [0.2, 0.25) is 16.0 Å². The molecule has 136 valence electrons. The van der Waals surface area contributed by atoms with Crippen molar-refractivity contribution in [1.82, 2.24) is 10.2 Å². The lowest BCUT2D eigenvalue weighted by Crippen LogP contribution is -2.11. The molecule has 0 saturated carbocycles. The number of carbonyl (C=O) groups is 1. The van der Waals surface area contributed by atoms with Gasteiger partial charge in [0.15, 0.2) is 0 Å². The topological polar surface area (TPSA) is 68.0 Å². The molecular formula is C16H11F4N3O2S. The minimum Gasteiger partial charge on any atom is -0.461 e. The van der Waals surface area contributed by atoms with E-state index in [-0.39, 0.29) is 29.3 Å². The fraction of sp³-hybridized carbons (Fsp3) is 0.188. The fourth-order valence-electron chi connectivity index (χ4n) is 2.12. The van der Waals surface area contributed by atoms with Crippen LogP contribution in [-0.4, -0.2) is 16.1 Å². The highest BCUT2D eigenvalue weighted by atomic mass is 32.1. The Balaban J connectivity index is 1.57. The summed E-state index contributed by atoms with van der Waals surface area (Å²) in [5, 5.41) is 7.16. The fourth-order valence-corrected chi connectivity index (χ4v) is 2.75. The number of halogens is 4. The van der Waals surface area contributed by atoms with Crippen LogP contribution in [0.2, 0.25) is 0 Å². The van der Waals surface area contributed by atoms with Crippen molar-refractivity contribution < 1.29 is 26.8 Å². The molecule has 0 aliphatic heterocycles. The molecule has 3 rings (SSSR count). The maximum atomic E-state index is 13.7. The molecule has 5 nitrogen and oxygen atoms in total. The number of aryl methyl sites for hydroxylation is 1. The summed E-state index contributed by atoms with van der Waals surface area (Å²) in [6.07, 6.45) is -4.44. The number of amides is 1. The molecule has 1 aromatic carbocycles. The van der Waals surface area contributed by atoms with E-state index in [0.29, 0.717) is 17.1 Å². The Bertz CT molecular complexity index is 920. The van der Waals surface area contributed by atoms with Gasteiger partial charge in [0.1, 0.15) is 17.3 Å². The van der Waals surface area contributed by atoms with Crippen molar-refractivity contribution >= 4 is 22.4 Å². The number of rotatable bonds is 5. The van der Waals surface area contributed by atoms with E-state index in [9.17, 15) is 22.4 Å². The van der Waals surface area contributed by atoms with Crippen molar-refractivity contribution in [2.24, 2.45) is 0 Å². The van der Waals surface area contributed by atoms with Gasteiger partial charge < -0.3 is 9.73 Å². The Kier molecular flexibility index (Phi) is 5.03. The highest BCUT2D eigenvalue weighted by molar-refractivity contribution is 7.15. The molecule has 0 atom stereocenters. The Morgan fingerprint density at radius 3 is 2.62 bits per heavy atom. The summed E-state index contributed by atoms with van der Waals surface area (Å²) in [6, 6.07) is 9.31. The molecule has 0 radical (unpaired) electrons. The van der Waals surface area contributed by atoms with E-state index >= 15 is 0 Å². The zero-order valence-electron chi connectivity index (χ0n) is 13.0. The Labute approximate surface area is 148 Å². The van der Waals surface area contributed by atoms with E-state index < -0.39 is 22.9 Å². The molecule has 0 fully saturated rings. The third-order valence-electron chi connectivity index (χ3n) is 3.31. The molecule has 0 saturated heterocycles. The van der Waals surface area contributed by atoms with Crippen LogP contribution in [0.1, 0.15) is 17.2 Å². The minimum absolute atomic E-state index is 0.0366. The van der Waals surface area contributed by atoms with E-state index in [4.69, 9.17) is 4.42 Å². The van der Waals surface area contributed by atoms with Gasteiger partial charge >= 0.3 is 6.18 Å². The van der Waals surface area contributed by atoms with Crippen molar-refractivity contribution in [3.05, 3.63) is 53.0 Å². The highest BCUT2D eigenvalue weighted by Gasteiger charge is 2.35. The van der Waals surface area contributed by atoms with Gasteiger partial charge in [-0.3, -0.25) is 4.79 Å². The van der Waals surface area contributed by atoms with Crippen LogP contribution in [0.4, 0.5) is 22.7 Å². The zero-order chi connectivity index (χ0) is 18.7. The highest BCUT2D eigenvalue weighted by Crippen LogP contribution is 2.33. The van der Waals surface area contributed by atoms with Crippen LogP contribution in [0.15, 0.2) is 40.8 Å². The molecule has 2 aromatic heterocycles. The number of alkyl halides is 3. The molecule has 2 heterocycles. The van der Waals surface area contributed by atoms with Crippen LogP contribution in [0, 0.1) is 5.82 Å². The van der Waals surface area contributed by atoms with Crippen LogP contribution in [-0.2, 0) is 17.4 Å². The first-order valence-corrected chi connectivity index (χ1v) is 8.19. The van der Waals surface area contributed by atoms with Crippen molar-refractivity contribution in [1.29, 1.82) is 0 Å². The first kappa shape index (κ1) is 18.1. The van der Waals surface area contributed by atoms with Crippen LogP contribution < -0.4 is 5.32 Å². The molecular weight excluding hydrogens is 374 g/mol.